The molecular weight excluding hydrogens is 236 g/mol. The summed E-state index contributed by atoms with van der Waals surface area (Å²) in [4.78, 5) is 22.7. The fourth-order valence-corrected chi connectivity index (χ4v) is 1.23. The molecule has 0 fully saturated rings. The number of hydrogen-bond donors (Lipinski definition) is 2. The van der Waals surface area contributed by atoms with Crippen molar-refractivity contribution in [2.24, 2.45) is 11.5 Å². The van der Waals surface area contributed by atoms with E-state index in [4.69, 9.17) is 20.9 Å². The van der Waals surface area contributed by atoms with E-state index >= 15 is 0 Å². The number of hydrogen-bond acceptors (Lipinski definition) is 6. The maximum atomic E-state index is 11.4. The van der Waals surface area contributed by atoms with Crippen LogP contribution in [0.15, 0.2) is 0 Å². The third kappa shape index (κ3) is 8.95. The van der Waals surface area contributed by atoms with Crippen LogP contribution in [0.2, 0.25) is 0 Å². The molecule has 0 rings (SSSR count). The molecule has 0 amide bonds. The van der Waals surface area contributed by atoms with Crippen molar-refractivity contribution >= 4 is 11.9 Å². The number of esters is 2. The Balaban J connectivity index is 3.85. The zero-order valence-corrected chi connectivity index (χ0v) is 11.4. The van der Waals surface area contributed by atoms with Gasteiger partial charge in [0, 0.05) is 0 Å². The van der Waals surface area contributed by atoms with E-state index in [0.29, 0.717) is 13.0 Å². The molecule has 6 nitrogen and oxygen atoms in total. The van der Waals surface area contributed by atoms with Gasteiger partial charge >= 0.3 is 11.9 Å². The maximum absolute atomic E-state index is 11.4. The number of nitrogens with two attached hydrogens (primary N) is 2. The van der Waals surface area contributed by atoms with Gasteiger partial charge in [0.2, 0.25) is 0 Å². The Kier molecular flexibility index (Phi) is 7.54. The molecule has 1 atom stereocenters. The molecule has 6 heteroatoms. The lowest BCUT2D eigenvalue weighted by Gasteiger charge is -2.19. The number of rotatable bonds is 7. The molecule has 0 bridgehead atoms. The van der Waals surface area contributed by atoms with Gasteiger partial charge < -0.3 is 20.9 Å². The monoisotopic (exact) mass is 260 g/mol. The fourth-order valence-electron chi connectivity index (χ4n) is 1.23. The van der Waals surface area contributed by atoms with Crippen LogP contribution in [-0.2, 0) is 19.1 Å². The summed E-state index contributed by atoms with van der Waals surface area (Å²) in [5, 5.41) is 0. The summed E-state index contributed by atoms with van der Waals surface area (Å²) in [6.45, 7) is 5.39. The summed E-state index contributed by atoms with van der Waals surface area (Å²) in [6, 6.07) is -0.709. The molecule has 0 aromatic carbocycles. The predicted octanol–water partition coefficient (Wildman–Crippen LogP) is 0.328. The summed E-state index contributed by atoms with van der Waals surface area (Å²) in [5.74, 6) is -1.16. The standard InChI is InChI=1S/C12H24N2O4/c1-12(2,3)18-10(15)8-17-11(16)9(14)6-4-5-7-13/h9H,4-8,13-14H2,1-3H3. The molecule has 106 valence electrons. The highest BCUT2D eigenvalue weighted by atomic mass is 16.6. The van der Waals surface area contributed by atoms with Crippen LogP contribution in [0.3, 0.4) is 0 Å². The molecule has 0 aliphatic heterocycles. The first-order valence-corrected chi connectivity index (χ1v) is 6.10. The van der Waals surface area contributed by atoms with Gasteiger partial charge in [-0.25, -0.2) is 4.79 Å². The van der Waals surface area contributed by atoms with Crippen LogP contribution in [-0.4, -0.2) is 36.7 Å². The summed E-state index contributed by atoms with van der Waals surface area (Å²) in [6.07, 6.45) is 2.08. The Morgan fingerprint density at radius 1 is 1.22 bits per heavy atom. The van der Waals surface area contributed by atoms with Gasteiger partial charge in [0.25, 0.3) is 0 Å². The van der Waals surface area contributed by atoms with Gasteiger partial charge in [0.15, 0.2) is 6.61 Å². The Morgan fingerprint density at radius 3 is 2.33 bits per heavy atom. The van der Waals surface area contributed by atoms with Gasteiger partial charge in [-0.2, -0.15) is 0 Å². The first-order chi connectivity index (χ1) is 8.26. The van der Waals surface area contributed by atoms with Crippen LogP contribution in [0, 0.1) is 0 Å². The SMILES string of the molecule is CC(C)(C)OC(=O)COC(=O)C(N)CCCCN. The number of unbranched alkanes of at least 4 members (excludes halogenated alkanes) is 1. The summed E-state index contributed by atoms with van der Waals surface area (Å²) >= 11 is 0. The van der Waals surface area contributed by atoms with E-state index in [1.165, 1.54) is 0 Å². The van der Waals surface area contributed by atoms with Gasteiger partial charge in [-0.1, -0.05) is 6.42 Å². The lowest BCUT2D eigenvalue weighted by molar-refractivity contribution is -0.167. The van der Waals surface area contributed by atoms with Crippen molar-refractivity contribution in [2.75, 3.05) is 13.2 Å². The fraction of sp³-hybridized carbons (Fsp3) is 0.833. The zero-order chi connectivity index (χ0) is 14.2. The van der Waals surface area contributed by atoms with E-state index in [-0.39, 0.29) is 0 Å². The van der Waals surface area contributed by atoms with Crippen LogP contribution in [0.4, 0.5) is 0 Å². The van der Waals surface area contributed by atoms with Crippen molar-refractivity contribution in [1.29, 1.82) is 0 Å². The molecule has 0 aliphatic carbocycles. The highest BCUT2D eigenvalue weighted by Crippen LogP contribution is 2.07. The van der Waals surface area contributed by atoms with E-state index in [2.05, 4.69) is 0 Å². The average Bonchev–Trinajstić information content (AvgIpc) is 2.23. The van der Waals surface area contributed by atoms with Crippen LogP contribution >= 0.6 is 0 Å². The van der Waals surface area contributed by atoms with Gasteiger partial charge in [-0.05, 0) is 40.2 Å². The molecule has 0 radical (unpaired) electrons. The molecule has 0 heterocycles. The lowest BCUT2D eigenvalue weighted by Crippen LogP contribution is -2.35. The van der Waals surface area contributed by atoms with Gasteiger partial charge in [-0.3, -0.25) is 4.79 Å². The van der Waals surface area contributed by atoms with E-state index in [1.54, 1.807) is 20.8 Å². The Hall–Kier alpha value is -1.14. The van der Waals surface area contributed by atoms with E-state index < -0.39 is 30.2 Å². The van der Waals surface area contributed by atoms with E-state index in [1.807, 2.05) is 0 Å². The molecular formula is C12H24N2O4. The molecule has 4 N–H and O–H groups in total. The molecule has 0 saturated heterocycles. The number of carbonyl (C=O) groups is 2. The maximum Gasteiger partial charge on any atom is 0.344 e. The summed E-state index contributed by atoms with van der Waals surface area (Å²) in [5.41, 5.74) is 10.3. The molecule has 0 aromatic heterocycles. The van der Waals surface area contributed by atoms with Crippen molar-refractivity contribution < 1.29 is 19.1 Å². The van der Waals surface area contributed by atoms with Crippen LogP contribution in [0.1, 0.15) is 40.0 Å². The van der Waals surface area contributed by atoms with Crippen LogP contribution in [0.25, 0.3) is 0 Å². The van der Waals surface area contributed by atoms with Crippen LogP contribution in [0.5, 0.6) is 0 Å². The van der Waals surface area contributed by atoms with Crippen molar-refractivity contribution in [3.05, 3.63) is 0 Å². The highest BCUT2D eigenvalue weighted by Gasteiger charge is 2.20. The average molecular weight is 260 g/mol. The Labute approximate surface area is 108 Å². The first kappa shape index (κ1) is 16.9. The van der Waals surface area contributed by atoms with Crippen molar-refractivity contribution in [3.8, 4) is 0 Å². The quantitative estimate of drug-likeness (QED) is 0.505. The second-order valence-corrected chi connectivity index (χ2v) is 5.09. The first-order valence-electron chi connectivity index (χ1n) is 6.10. The van der Waals surface area contributed by atoms with E-state index in [0.717, 1.165) is 12.8 Å². The normalized spacial score (nSPS) is 12.9. The summed E-state index contributed by atoms with van der Waals surface area (Å²) in [7, 11) is 0. The van der Waals surface area contributed by atoms with E-state index in [9.17, 15) is 9.59 Å². The summed E-state index contributed by atoms with van der Waals surface area (Å²) < 4.78 is 9.77. The molecule has 0 aliphatic rings. The highest BCUT2D eigenvalue weighted by molar-refractivity contribution is 5.79. The number of ether oxygens (including phenoxy) is 2. The molecule has 1 unspecified atom stereocenters. The van der Waals surface area contributed by atoms with Crippen molar-refractivity contribution in [2.45, 2.75) is 51.7 Å². The predicted molar refractivity (Wildman–Crippen MR) is 67.7 cm³/mol. The minimum atomic E-state index is -0.709. The molecule has 18 heavy (non-hydrogen) atoms. The number of carbonyl (C=O) groups excluding carboxylic acids is 2. The second kappa shape index (κ2) is 8.05. The molecule has 0 saturated carbocycles. The minimum Gasteiger partial charge on any atom is -0.457 e. The lowest BCUT2D eigenvalue weighted by atomic mass is 10.1. The zero-order valence-electron chi connectivity index (χ0n) is 11.4. The third-order valence-corrected chi connectivity index (χ3v) is 2.02. The second-order valence-electron chi connectivity index (χ2n) is 5.09. The van der Waals surface area contributed by atoms with Gasteiger partial charge in [0.1, 0.15) is 11.6 Å². The van der Waals surface area contributed by atoms with Crippen molar-refractivity contribution in [1.82, 2.24) is 0 Å². The Morgan fingerprint density at radius 2 is 1.83 bits per heavy atom. The van der Waals surface area contributed by atoms with Crippen LogP contribution < -0.4 is 11.5 Å². The smallest absolute Gasteiger partial charge is 0.344 e. The van der Waals surface area contributed by atoms with Crippen molar-refractivity contribution in [3.63, 3.8) is 0 Å². The topological polar surface area (TPSA) is 105 Å². The van der Waals surface area contributed by atoms with Gasteiger partial charge in [0.05, 0.1) is 0 Å². The third-order valence-electron chi connectivity index (χ3n) is 2.02. The molecule has 0 spiro atoms. The largest absolute Gasteiger partial charge is 0.457 e. The minimum absolute atomic E-state index is 0.402. The molecule has 0 aromatic rings. The Bertz CT molecular complexity index is 274. The van der Waals surface area contributed by atoms with Gasteiger partial charge in [-0.15, -0.1) is 0 Å².